The number of hydrogen-bond acceptors (Lipinski definition) is 2. The summed E-state index contributed by atoms with van der Waals surface area (Å²) >= 11 is 0. The summed E-state index contributed by atoms with van der Waals surface area (Å²) in [5.41, 5.74) is 2.59. The lowest BCUT2D eigenvalue weighted by Crippen LogP contribution is -2.66. The molecule has 1 heterocycles. The van der Waals surface area contributed by atoms with Crippen molar-refractivity contribution in [2.75, 3.05) is 4.90 Å². The number of piperazine rings is 1. The minimum Gasteiger partial charge on any atom is -0.342 e. The number of carbonyl (C=O) groups is 2. The first-order chi connectivity index (χ1) is 9.62. The van der Waals surface area contributed by atoms with Crippen LogP contribution in [0.1, 0.15) is 38.8 Å². The highest BCUT2D eigenvalue weighted by atomic mass is 16.2. The van der Waals surface area contributed by atoms with Crippen LogP contribution in [-0.4, -0.2) is 23.9 Å². The highest BCUT2D eigenvalue weighted by Crippen LogP contribution is 2.31. The molecule has 1 aliphatic rings. The number of anilines is 1. The molecule has 1 aliphatic heterocycles. The van der Waals surface area contributed by atoms with Crippen molar-refractivity contribution >= 4 is 17.5 Å². The lowest BCUT2D eigenvalue weighted by atomic mass is 9.83. The molecular weight excluding hydrogens is 264 g/mol. The third kappa shape index (κ3) is 2.80. The molecule has 114 valence electrons. The predicted molar refractivity (Wildman–Crippen MR) is 84.2 cm³/mol. The average Bonchev–Trinajstić information content (AvgIpc) is 2.36. The van der Waals surface area contributed by atoms with E-state index in [9.17, 15) is 9.59 Å². The molecule has 0 radical (unpaired) electrons. The second-order valence-electron chi connectivity index (χ2n) is 6.98. The maximum atomic E-state index is 12.9. The van der Waals surface area contributed by atoms with E-state index in [2.05, 4.69) is 5.32 Å². The number of hydrogen-bond donors (Lipinski definition) is 1. The second-order valence-corrected chi connectivity index (χ2v) is 6.98. The Balaban J connectivity index is 2.51. The number of nitrogens with zero attached hydrogens (tertiary/aromatic N) is 1. The summed E-state index contributed by atoms with van der Waals surface area (Å²) in [6.45, 7) is 11.6. The van der Waals surface area contributed by atoms with Crippen molar-refractivity contribution in [1.29, 1.82) is 0 Å². The first-order valence-electron chi connectivity index (χ1n) is 7.33. The van der Waals surface area contributed by atoms with Gasteiger partial charge in [0.1, 0.15) is 12.1 Å². The fraction of sp³-hybridized carbons (Fsp3) is 0.529. The second kappa shape index (κ2) is 5.17. The van der Waals surface area contributed by atoms with E-state index in [4.69, 9.17) is 0 Å². The van der Waals surface area contributed by atoms with Gasteiger partial charge in [0.2, 0.25) is 5.91 Å². The highest BCUT2D eigenvalue weighted by molar-refractivity contribution is 6.09. The molecule has 2 unspecified atom stereocenters. The zero-order valence-electron chi connectivity index (χ0n) is 13.7. The van der Waals surface area contributed by atoms with E-state index in [0.717, 1.165) is 16.8 Å². The van der Waals surface area contributed by atoms with Crippen LogP contribution in [0.3, 0.4) is 0 Å². The number of benzene rings is 1. The van der Waals surface area contributed by atoms with Gasteiger partial charge in [-0.3, -0.25) is 14.5 Å². The molecule has 1 aromatic rings. The Morgan fingerprint density at radius 3 is 2.33 bits per heavy atom. The van der Waals surface area contributed by atoms with Crippen LogP contribution in [-0.2, 0) is 9.59 Å². The molecule has 2 rings (SSSR count). The van der Waals surface area contributed by atoms with Crippen molar-refractivity contribution in [2.45, 2.75) is 53.6 Å². The Hall–Kier alpha value is -1.84. The van der Waals surface area contributed by atoms with Crippen molar-refractivity contribution in [1.82, 2.24) is 5.32 Å². The van der Waals surface area contributed by atoms with Gasteiger partial charge >= 0.3 is 0 Å². The summed E-state index contributed by atoms with van der Waals surface area (Å²) in [5.74, 6) is -0.140. The van der Waals surface area contributed by atoms with E-state index in [0.29, 0.717) is 0 Å². The van der Waals surface area contributed by atoms with Crippen LogP contribution in [0.4, 0.5) is 5.69 Å². The number of rotatable bonds is 1. The van der Waals surface area contributed by atoms with Gasteiger partial charge < -0.3 is 5.32 Å². The molecule has 2 amide bonds. The predicted octanol–water partition coefficient (Wildman–Crippen LogP) is 2.57. The first-order valence-corrected chi connectivity index (χ1v) is 7.33. The Morgan fingerprint density at radius 1 is 1.14 bits per heavy atom. The van der Waals surface area contributed by atoms with Crippen molar-refractivity contribution in [3.05, 3.63) is 29.3 Å². The zero-order valence-corrected chi connectivity index (χ0v) is 13.7. The Labute approximate surface area is 126 Å². The molecule has 1 saturated heterocycles. The molecule has 0 aromatic heterocycles. The molecule has 4 nitrogen and oxygen atoms in total. The molecule has 0 spiro atoms. The molecule has 21 heavy (non-hydrogen) atoms. The minimum absolute atomic E-state index is 0.0386. The van der Waals surface area contributed by atoms with E-state index in [1.165, 1.54) is 0 Å². The third-order valence-corrected chi connectivity index (χ3v) is 4.03. The summed E-state index contributed by atoms with van der Waals surface area (Å²) < 4.78 is 0. The van der Waals surface area contributed by atoms with E-state index >= 15 is 0 Å². The molecule has 1 N–H and O–H groups in total. The summed E-state index contributed by atoms with van der Waals surface area (Å²) in [7, 11) is 0. The van der Waals surface area contributed by atoms with Crippen LogP contribution in [0.25, 0.3) is 0 Å². The summed E-state index contributed by atoms with van der Waals surface area (Å²) in [4.78, 5) is 26.8. The van der Waals surface area contributed by atoms with Crippen molar-refractivity contribution < 1.29 is 9.59 Å². The van der Waals surface area contributed by atoms with Crippen molar-refractivity contribution in [3.8, 4) is 0 Å². The van der Waals surface area contributed by atoms with Gasteiger partial charge in [0, 0.05) is 5.69 Å². The first kappa shape index (κ1) is 15.5. The van der Waals surface area contributed by atoms with Gasteiger partial charge in [0.25, 0.3) is 5.91 Å². The van der Waals surface area contributed by atoms with Crippen LogP contribution < -0.4 is 10.2 Å². The minimum atomic E-state index is -0.499. The van der Waals surface area contributed by atoms with Crippen LogP contribution in [0.2, 0.25) is 0 Å². The standard InChI is InChI=1S/C17H24N2O2/c1-10-7-8-11(2)13(9-10)19-12(3)15(20)18-14(16(19)21)17(4,5)6/h7-9,12,14H,1-6H3,(H,18,20). The lowest BCUT2D eigenvalue weighted by molar-refractivity contribution is -0.136. The van der Waals surface area contributed by atoms with E-state index in [1.807, 2.05) is 52.8 Å². The van der Waals surface area contributed by atoms with Gasteiger partial charge in [-0.15, -0.1) is 0 Å². The van der Waals surface area contributed by atoms with Crippen LogP contribution >= 0.6 is 0 Å². The number of carbonyl (C=O) groups excluding carboxylic acids is 2. The average molecular weight is 288 g/mol. The largest absolute Gasteiger partial charge is 0.342 e. The molecular formula is C17H24N2O2. The van der Waals surface area contributed by atoms with Crippen molar-refractivity contribution in [2.24, 2.45) is 5.41 Å². The Bertz CT molecular complexity index is 587. The van der Waals surface area contributed by atoms with Gasteiger partial charge in [-0.1, -0.05) is 32.9 Å². The Kier molecular flexibility index (Phi) is 3.83. The molecule has 1 fully saturated rings. The van der Waals surface area contributed by atoms with Gasteiger partial charge in [0.05, 0.1) is 0 Å². The third-order valence-electron chi connectivity index (χ3n) is 4.03. The number of aryl methyl sites for hydroxylation is 2. The molecule has 0 saturated carbocycles. The van der Waals surface area contributed by atoms with Crippen LogP contribution in [0, 0.1) is 19.3 Å². The fourth-order valence-electron chi connectivity index (χ4n) is 2.67. The van der Waals surface area contributed by atoms with Crippen LogP contribution in [0.15, 0.2) is 18.2 Å². The molecule has 0 aliphatic carbocycles. The molecule has 2 atom stereocenters. The lowest BCUT2D eigenvalue weighted by Gasteiger charge is -2.42. The van der Waals surface area contributed by atoms with Gasteiger partial charge in [-0.25, -0.2) is 0 Å². The normalized spacial score (nSPS) is 23.2. The summed E-state index contributed by atoms with van der Waals surface area (Å²) in [5, 5.41) is 2.86. The van der Waals surface area contributed by atoms with Crippen molar-refractivity contribution in [3.63, 3.8) is 0 Å². The topological polar surface area (TPSA) is 49.4 Å². The Morgan fingerprint density at radius 2 is 1.76 bits per heavy atom. The van der Waals surface area contributed by atoms with Gasteiger partial charge in [-0.2, -0.15) is 0 Å². The maximum Gasteiger partial charge on any atom is 0.250 e. The quantitative estimate of drug-likeness (QED) is 0.863. The van der Waals surface area contributed by atoms with E-state index in [-0.39, 0.29) is 17.2 Å². The zero-order chi connectivity index (χ0) is 15.9. The van der Waals surface area contributed by atoms with Gasteiger partial charge in [-0.05, 0) is 43.4 Å². The summed E-state index contributed by atoms with van der Waals surface area (Å²) in [6, 6.07) is 4.99. The SMILES string of the molecule is Cc1ccc(C)c(N2C(=O)C(C(C)(C)C)NC(=O)C2C)c1. The summed E-state index contributed by atoms with van der Waals surface area (Å²) in [6.07, 6.45) is 0. The van der Waals surface area contributed by atoms with E-state index < -0.39 is 12.1 Å². The molecule has 4 heteroatoms. The van der Waals surface area contributed by atoms with E-state index in [1.54, 1.807) is 11.8 Å². The number of amides is 2. The van der Waals surface area contributed by atoms with Crippen LogP contribution in [0.5, 0.6) is 0 Å². The molecule has 0 bridgehead atoms. The van der Waals surface area contributed by atoms with Gasteiger partial charge in [0.15, 0.2) is 0 Å². The highest BCUT2D eigenvalue weighted by Gasteiger charge is 2.44. The fourth-order valence-corrected chi connectivity index (χ4v) is 2.67. The smallest absolute Gasteiger partial charge is 0.250 e. The number of nitrogens with one attached hydrogen (secondary N) is 1. The molecule has 1 aromatic carbocycles. The monoisotopic (exact) mass is 288 g/mol. The maximum absolute atomic E-state index is 12.9.